The lowest BCUT2D eigenvalue weighted by Gasteiger charge is -2.32. The van der Waals surface area contributed by atoms with E-state index in [2.05, 4.69) is 16.5 Å². The van der Waals surface area contributed by atoms with Crippen LogP contribution in [-0.2, 0) is 4.74 Å². The minimum Gasteiger partial charge on any atom is -0.462 e. The van der Waals surface area contributed by atoms with Gasteiger partial charge in [-0.1, -0.05) is 6.08 Å². The van der Waals surface area contributed by atoms with Crippen molar-refractivity contribution in [1.82, 2.24) is 4.98 Å². The second-order valence-electron chi connectivity index (χ2n) is 4.66. The van der Waals surface area contributed by atoms with Gasteiger partial charge in [0.25, 0.3) is 0 Å². The summed E-state index contributed by atoms with van der Waals surface area (Å²) in [6.07, 6.45) is 5.85. The van der Waals surface area contributed by atoms with E-state index in [1.54, 1.807) is 18.3 Å². The van der Waals surface area contributed by atoms with Crippen molar-refractivity contribution in [3.63, 3.8) is 0 Å². The molecule has 0 radical (unpaired) electrons. The number of carbonyl (C=O) groups excluding carboxylic acids is 1. The summed E-state index contributed by atoms with van der Waals surface area (Å²) in [5, 5.41) is 0. The van der Waals surface area contributed by atoms with Gasteiger partial charge in [0.15, 0.2) is 0 Å². The zero-order valence-electron chi connectivity index (χ0n) is 11.3. The summed E-state index contributed by atoms with van der Waals surface area (Å²) in [5.41, 5.74) is 0.557. The molecule has 1 aromatic rings. The van der Waals surface area contributed by atoms with E-state index in [4.69, 9.17) is 4.74 Å². The number of allylic oxidation sites excluding steroid dienone is 1. The molecule has 1 aliphatic rings. The smallest absolute Gasteiger partial charge is 0.341 e. The van der Waals surface area contributed by atoms with Crippen molar-refractivity contribution < 1.29 is 9.53 Å². The molecule has 0 atom stereocenters. The number of rotatable bonds is 4. The predicted molar refractivity (Wildman–Crippen MR) is 75.3 cm³/mol. The van der Waals surface area contributed by atoms with E-state index in [0.29, 0.717) is 18.1 Å². The third-order valence-corrected chi connectivity index (χ3v) is 3.45. The van der Waals surface area contributed by atoms with Crippen LogP contribution in [0.15, 0.2) is 31.0 Å². The fourth-order valence-corrected chi connectivity index (χ4v) is 2.36. The topological polar surface area (TPSA) is 42.4 Å². The van der Waals surface area contributed by atoms with Gasteiger partial charge in [-0.3, -0.25) is 0 Å². The second kappa shape index (κ2) is 6.36. The third kappa shape index (κ3) is 3.13. The van der Waals surface area contributed by atoms with Crippen molar-refractivity contribution >= 4 is 11.8 Å². The van der Waals surface area contributed by atoms with Gasteiger partial charge in [0.2, 0.25) is 0 Å². The molecular weight excluding hydrogens is 240 g/mol. The molecular formula is C15H20N2O2. The molecule has 0 amide bonds. The molecule has 2 rings (SSSR count). The number of esters is 1. The van der Waals surface area contributed by atoms with Crippen molar-refractivity contribution in [2.24, 2.45) is 5.92 Å². The minimum atomic E-state index is -0.295. The maximum Gasteiger partial charge on any atom is 0.341 e. The van der Waals surface area contributed by atoms with Crippen LogP contribution >= 0.6 is 0 Å². The summed E-state index contributed by atoms with van der Waals surface area (Å²) in [4.78, 5) is 18.4. The molecule has 0 aliphatic carbocycles. The van der Waals surface area contributed by atoms with Crippen LogP contribution < -0.4 is 4.90 Å². The van der Waals surface area contributed by atoms with E-state index in [1.807, 2.05) is 13.0 Å². The zero-order valence-corrected chi connectivity index (χ0v) is 11.3. The molecule has 0 bridgehead atoms. The molecule has 2 heterocycles. The highest BCUT2D eigenvalue weighted by Crippen LogP contribution is 2.25. The number of piperidine rings is 1. The van der Waals surface area contributed by atoms with Crippen LogP contribution in [0.5, 0.6) is 0 Å². The first kappa shape index (κ1) is 13.6. The van der Waals surface area contributed by atoms with Crippen LogP contribution in [0.2, 0.25) is 0 Å². The van der Waals surface area contributed by atoms with Gasteiger partial charge in [-0.05, 0) is 37.8 Å². The number of nitrogens with zero attached hydrogens (tertiary/aromatic N) is 2. The Bertz CT molecular complexity index is 451. The van der Waals surface area contributed by atoms with Gasteiger partial charge in [0, 0.05) is 19.3 Å². The standard InChI is InChI=1S/C15H20N2O2/c1-3-12-7-10-17(11-8-12)14-13(6-5-9-16-14)15(18)19-4-2/h3,5-6,9,12H,1,4,7-8,10-11H2,2H3. The number of hydrogen-bond donors (Lipinski definition) is 0. The van der Waals surface area contributed by atoms with E-state index >= 15 is 0 Å². The third-order valence-electron chi connectivity index (χ3n) is 3.45. The Morgan fingerprint density at radius 2 is 2.32 bits per heavy atom. The van der Waals surface area contributed by atoms with Gasteiger partial charge in [-0.15, -0.1) is 6.58 Å². The molecule has 1 saturated heterocycles. The summed E-state index contributed by atoms with van der Waals surface area (Å²) in [6, 6.07) is 3.55. The summed E-state index contributed by atoms with van der Waals surface area (Å²) in [5.74, 6) is 1.02. The number of hydrogen-bond acceptors (Lipinski definition) is 4. The Kier molecular flexibility index (Phi) is 4.55. The molecule has 19 heavy (non-hydrogen) atoms. The maximum absolute atomic E-state index is 11.9. The Hall–Kier alpha value is -1.84. The minimum absolute atomic E-state index is 0.295. The van der Waals surface area contributed by atoms with Gasteiger partial charge in [-0.2, -0.15) is 0 Å². The van der Waals surface area contributed by atoms with Gasteiger partial charge >= 0.3 is 5.97 Å². The molecule has 1 aliphatic heterocycles. The van der Waals surface area contributed by atoms with Gasteiger partial charge in [-0.25, -0.2) is 9.78 Å². The number of aromatic nitrogens is 1. The number of anilines is 1. The highest BCUT2D eigenvalue weighted by molar-refractivity contribution is 5.94. The Morgan fingerprint density at radius 1 is 1.58 bits per heavy atom. The van der Waals surface area contributed by atoms with Crippen LogP contribution in [0, 0.1) is 5.92 Å². The van der Waals surface area contributed by atoms with Crippen LogP contribution in [0.3, 0.4) is 0 Å². The van der Waals surface area contributed by atoms with Gasteiger partial charge in [0.1, 0.15) is 11.4 Å². The molecule has 0 aromatic carbocycles. The van der Waals surface area contributed by atoms with Crippen molar-refractivity contribution in [2.75, 3.05) is 24.6 Å². The van der Waals surface area contributed by atoms with Crippen LogP contribution in [0.1, 0.15) is 30.1 Å². The van der Waals surface area contributed by atoms with E-state index in [1.165, 1.54) is 0 Å². The van der Waals surface area contributed by atoms with Gasteiger partial charge < -0.3 is 9.64 Å². The van der Waals surface area contributed by atoms with Gasteiger partial charge in [0.05, 0.1) is 6.61 Å². The summed E-state index contributed by atoms with van der Waals surface area (Å²) >= 11 is 0. The first-order valence-corrected chi connectivity index (χ1v) is 6.76. The fourth-order valence-electron chi connectivity index (χ4n) is 2.36. The molecule has 0 N–H and O–H groups in total. The zero-order chi connectivity index (χ0) is 13.7. The lowest BCUT2D eigenvalue weighted by atomic mass is 9.97. The fraction of sp³-hybridized carbons (Fsp3) is 0.467. The first-order valence-electron chi connectivity index (χ1n) is 6.76. The van der Waals surface area contributed by atoms with E-state index < -0.39 is 0 Å². The summed E-state index contributed by atoms with van der Waals surface area (Å²) in [7, 11) is 0. The molecule has 0 unspecified atom stereocenters. The van der Waals surface area contributed by atoms with E-state index in [9.17, 15) is 4.79 Å². The molecule has 1 fully saturated rings. The largest absolute Gasteiger partial charge is 0.462 e. The Labute approximate surface area is 114 Å². The number of carbonyl (C=O) groups is 1. The van der Waals surface area contributed by atoms with Crippen molar-refractivity contribution in [3.8, 4) is 0 Å². The van der Waals surface area contributed by atoms with Crippen molar-refractivity contribution in [3.05, 3.63) is 36.5 Å². The quantitative estimate of drug-likeness (QED) is 0.616. The van der Waals surface area contributed by atoms with E-state index in [0.717, 1.165) is 31.7 Å². The molecule has 0 saturated carbocycles. The molecule has 1 aromatic heterocycles. The van der Waals surface area contributed by atoms with Crippen LogP contribution in [0.25, 0.3) is 0 Å². The lowest BCUT2D eigenvalue weighted by molar-refractivity contribution is 0.0526. The number of pyridine rings is 1. The highest BCUT2D eigenvalue weighted by Gasteiger charge is 2.22. The average molecular weight is 260 g/mol. The lowest BCUT2D eigenvalue weighted by Crippen LogP contribution is -2.34. The Balaban J connectivity index is 2.16. The van der Waals surface area contributed by atoms with Crippen LogP contribution in [0.4, 0.5) is 5.82 Å². The maximum atomic E-state index is 11.9. The molecule has 4 heteroatoms. The predicted octanol–water partition coefficient (Wildman–Crippen LogP) is 2.66. The van der Waals surface area contributed by atoms with E-state index in [-0.39, 0.29) is 5.97 Å². The highest BCUT2D eigenvalue weighted by atomic mass is 16.5. The Morgan fingerprint density at radius 3 is 2.95 bits per heavy atom. The SMILES string of the molecule is C=CC1CCN(c2ncccc2C(=O)OCC)CC1. The molecule has 0 spiro atoms. The molecule has 102 valence electrons. The molecule has 4 nitrogen and oxygen atoms in total. The summed E-state index contributed by atoms with van der Waals surface area (Å²) in [6.45, 7) is 7.84. The number of ether oxygens (including phenoxy) is 1. The monoisotopic (exact) mass is 260 g/mol. The van der Waals surface area contributed by atoms with Crippen LogP contribution in [-0.4, -0.2) is 30.6 Å². The second-order valence-corrected chi connectivity index (χ2v) is 4.66. The summed E-state index contributed by atoms with van der Waals surface area (Å²) < 4.78 is 5.08. The van der Waals surface area contributed by atoms with Crippen molar-refractivity contribution in [2.45, 2.75) is 19.8 Å². The first-order chi connectivity index (χ1) is 9.26. The van der Waals surface area contributed by atoms with Crippen molar-refractivity contribution in [1.29, 1.82) is 0 Å². The average Bonchev–Trinajstić information content (AvgIpc) is 2.47. The normalized spacial score (nSPS) is 16.2.